The highest BCUT2D eigenvalue weighted by Crippen LogP contribution is 2.15. The highest BCUT2D eigenvalue weighted by atomic mass is 35.5. The van der Waals surface area contributed by atoms with Gasteiger partial charge in [-0.25, -0.2) is 0 Å². The largest absolute Gasteiger partial charge is 0.373 e. The van der Waals surface area contributed by atoms with Crippen molar-refractivity contribution in [1.29, 1.82) is 0 Å². The SMILES string of the molecule is O=C1CCCCN1CC1CNC(Cc2ccc(Cl)cc2)CO1. The van der Waals surface area contributed by atoms with Gasteiger partial charge in [-0.2, -0.15) is 0 Å². The Kier molecular flexibility index (Phi) is 5.34. The minimum atomic E-state index is 0.114. The van der Waals surface area contributed by atoms with Gasteiger partial charge in [-0.1, -0.05) is 23.7 Å². The predicted octanol–water partition coefficient (Wildman–Crippen LogP) is 2.25. The molecule has 2 saturated heterocycles. The first kappa shape index (κ1) is 15.8. The maximum atomic E-state index is 11.8. The Bertz CT molecular complexity index is 498. The number of carbonyl (C=O) groups is 1. The van der Waals surface area contributed by atoms with Crippen molar-refractivity contribution < 1.29 is 9.53 Å². The summed E-state index contributed by atoms with van der Waals surface area (Å²) in [6, 6.07) is 8.29. The smallest absolute Gasteiger partial charge is 0.222 e. The number of likely N-dealkylation sites (tertiary alicyclic amines) is 1. The Morgan fingerprint density at radius 2 is 2.09 bits per heavy atom. The number of benzene rings is 1. The maximum absolute atomic E-state index is 11.8. The van der Waals surface area contributed by atoms with E-state index in [4.69, 9.17) is 16.3 Å². The van der Waals surface area contributed by atoms with Gasteiger partial charge >= 0.3 is 0 Å². The Balaban J connectivity index is 1.44. The molecule has 5 heteroatoms. The summed E-state index contributed by atoms with van der Waals surface area (Å²) in [6.07, 6.45) is 3.89. The average Bonchev–Trinajstić information content (AvgIpc) is 2.54. The lowest BCUT2D eigenvalue weighted by atomic mass is 10.0. The van der Waals surface area contributed by atoms with E-state index in [1.54, 1.807) is 0 Å². The molecule has 0 spiro atoms. The Labute approximate surface area is 136 Å². The van der Waals surface area contributed by atoms with Crippen molar-refractivity contribution in [3.05, 3.63) is 34.9 Å². The van der Waals surface area contributed by atoms with Crippen LogP contribution in [0, 0.1) is 0 Å². The van der Waals surface area contributed by atoms with Crippen LogP contribution in [0.25, 0.3) is 0 Å². The lowest BCUT2D eigenvalue weighted by Gasteiger charge is -2.35. The molecular formula is C17H23ClN2O2. The minimum Gasteiger partial charge on any atom is -0.373 e. The van der Waals surface area contributed by atoms with Crippen LogP contribution in [0.2, 0.25) is 5.02 Å². The molecule has 0 aliphatic carbocycles. The van der Waals surface area contributed by atoms with Crippen LogP contribution in [0.5, 0.6) is 0 Å². The van der Waals surface area contributed by atoms with Crippen LogP contribution >= 0.6 is 11.6 Å². The Hall–Kier alpha value is -1.10. The number of piperidine rings is 1. The van der Waals surface area contributed by atoms with Crippen molar-refractivity contribution in [2.75, 3.05) is 26.2 Å². The Morgan fingerprint density at radius 3 is 2.77 bits per heavy atom. The van der Waals surface area contributed by atoms with Gasteiger partial charge in [0.25, 0.3) is 0 Å². The number of nitrogens with one attached hydrogen (secondary N) is 1. The third-order valence-corrected chi connectivity index (χ3v) is 4.66. The van der Waals surface area contributed by atoms with Crippen LogP contribution in [0.4, 0.5) is 0 Å². The number of rotatable bonds is 4. The van der Waals surface area contributed by atoms with E-state index in [-0.39, 0.29) is 12.0 Å². The number of nitrogens with zero attached hydrogens (tertiary/aromatic N) is 1. The van der Waals surface area contributed by atoms with Crippen molar-refractivity contribution in [1.82, 2.24) is 10.2 Å². The minimum absolute atomic E-state index is 0.114. The summed E-state index contributed by atoms with van der Waals surface area (Å²) in [6.45, 7) is 3.10. The first-order valence-corrected chi connectivity index (χ1v) is 8.46. The molecule has 1 aromatic carbocycles. The molecule has 2 unspecified atom stereocenters. The first-order chi connectivity index (χ1) is 10.7. The summed E-state index contributed by atoms with van der Waals surface area (Å²) in [5.41, 5.74) is 1.26. The maximum Gasteiger partial charge on any atom is 0.222 e. The highest BCUT2D eigenvalue weighted by Gasteiger charge is 2.26. The fraction of sp³-hybridized carbons (Fsp3) is 0.588. The van der Waals surface area contributed by atoms with E-state index >= 15 is 0 Å². The van der Waals surface area contributed by atoms with Crippen LogP contribution in [-0.4, -0.2) is 49.2 Å². The molecule has 1 N–H and O–H groups in total. The highest BCUT2D eigenvalue weighted by molar-refractivity contribution is 6.30. The molecule has 2 heterocycles. The summed E-state index contributed by atoms with van der Waals surface area (Å²) >= 11 is 5.91. The third-order valence-electron chi connectivity index (χ3n) is 4.41. The fourth-order valence-corrected chi connectivity index (χ4v) is 3.25. The van der Waals surface area contributed by atoms with E-state index in [1.165, 1.54) is 5.56 Å². The van der Waals surface area contributed by atoms with Crippen LogP contribution in [-0.2, 0) is 16.0 Å². The zero-order valence-electron chi connectivity index (χ0n) is 12.8. The number of carbonyl (C=O) groups excluding carboxylic acids is 1. The van der Waals surface area contributed by atoms with Gasteiger partial charge < -0.3 is 15.0 Å². The predicted molar refractivity (Wildman–Crippen MR) is 87.1 cm³/mol. The van der Waals surface area contributed by atoms with Crippen molar-refractivity contribution >= 4 is 17.5 Å². The molecule has 2 aliphatic heterocycles. The van der Waals surface area contributed by atoms with Crippen LogP contribution in [0.1, 0.15) is 24.8 Å². The normalized spacial score (nSPS) is 26.2. The molecule has 1 aromatic rings. The van der Waals surface area contributed by atoms with Gasteiger partial charge in [0.1, 0.15) is 0 Å². The summed E-state index contributed by atoms with van der Waals surface area (Å²) in [4.78, 5) is 13.8. The topological polar surface area (TPSA) is 41.6 Å². The van der Waals surface area contributed by atoms with Crippen molar-refractivity contribution in [2.45, 2.75) is 37.8 Å². The summed E-state index contributed by atoms with van der Waals surface area (Å²) in [5, 5.41) is 4.31. The van der Waals surface area contributed by atoms with E-state index in [9.17, 15) is 4.79 Å². The van der Waals surface area contributed by atoms with Gasteiger partial charge in [-0.3, -0.25) is 4.79 Å². The fourth-order valence-electron chi connectivity index (χ4n) is 3.12. The molecule has 0 radical (unpaired) electrons. The summed E-state index contributed by atoms with van der Waals surface area (Å²) in [5.74, 6) is 0.276. The molecule has 2 atom stereocenters. The zero-order chi connectivity index (χ0) is 15.4. The van der Waals surface area contributed by atoms with Crippen LogP contribution in [0.15, 0.2) is 24.3 Å². The molecule has 3 rings (SSSR count). The van der Waals surface area contributed by atoms with E-state index < -0.39 is 0 Å². The van der Waals surface area contributed by atoms with Crippen molar-refractivity contribution in [2.24, 2.45) is 0 Å². The molecular weight excluding hydrogens is 300 g/mol. The molecule has 2 fully saturated rings. The molecule has 0 aromatic heterocycles. The van der Waals surface area contributed by atoms with Gasteiger partial charge in [0.2, 0.25) is 5.91 Å². The molecule has 2 aliphatic rings. The first-order valence-electron chi connectivity index (χ1n) is 8.08. The molecule has 4 nitrogen and oxygen atoms in total. The van der Waals surface area contributed by atoms with Gasteiger partial charge in [0.15, 0.2) is 0 Å². The van der Waals surface area contributed by atoms with Gasteiger partial charge in [-0.15, -0.1) is 0 Å². The van der Waals surface area contributed by atoms with E-state index in [2.05, 4.69) is 17.4 Å². The number of hydrogen-bond acceptors (Lipinski definition) is 3. The Morgan fingerprint density at radius 1 is 1.27 bits per heavy atom. The molecule has 120 valence electrons. The van der Waals surface area contributed by atoms with Gasteiger partial charge in [0, 0.05) is 37.1 Å². The van der Waals surface area contributed by atoms with E-state index in [1.807, 2.05) is 17.0 Å². The van der Waals surface area contributed by atoms with E-state index in [0.717, 1.165) is 43.9 Å². The molecule has 0 saturated carbocycles. The standard InChI is InChI=1S/C17H23ClN2O2/c18-14-6-4-13(5-7-14)9-15-12-22-16(10-19-15)11-20-8-2-1-3-17(20)21/h4-7,15-16,19H,1-3,8-12H2. The van der Waals surface area contributed by atoms with Crippen molar-refractivity contribution in [3.8, 4) is 0 Å². The average molecular weight is 323 g/mol. The third kappa shape index (κ3) is 4.22. The zero-order valence-corrected chi connectivity index (χ0v) is 13.5. The number of halogens is 1. The number of hydrogen-bond donors (Lipinski definition) is 1. The molecule has 1 amide bonds. The second-order valence-corrected chi connectivity index (χ2v) is 6.62. The molecule has 0 bridgehead atoms. The van der Waals surface area contributed by atoms with E-state index in [0.29, 0.717) is 19.1 Å². The monoisotopic (exact) mass is 322 g/mol. The lowest BCUT2D eigenvalue weighted by Crippen LogP contribution is -2.52. The second-order valence-electron chi connectivity index (χ2n) is 6.19. The van der Waals surface area contributed by atoms with Gasteiger partial charge in [-0.05, 0) is 37.0 Å². The van der Waals surface area contributed by atoms with Crippen LogP contribution < -0.4 is 5.32 Å². The number of ether oxygens (including phenoxy) is 1. The summed E-state index contributed by atoms with van der Waals surface area (Å²) in [7, 11) is 0. The van der Waals surface area contributed by atoms with Crippen LogP contribution in [0.3, 0.4) is 0 Å². The molecule has 22 heavy (non-hydrogen) atoms. The lowest BCUT2D eigenvalue weighted by molar-refractivity contribution is -0.136. The number of amides is 1. The quantitative estimate of drug-likeness (QED) is 0.924. The van der Waals surface area contributed by atoms with Gasteiger partial charge in [0.05, 0.1) is 12.7 Å². The second kappa shape index (κ2) is 7.44. The van der Waals surface area contributed by atoms with Crippen molar-refractivity contribution in [3.63, 3.8) is 0 Å². The summed E-state index contributed by atoms with van der Waals surface area (Å²) < 4.78 is 5.96. The number of morpholine rings is 1.